The molecule has 2 rings (SSSR count). The minimum absolute atomic E-state index is 0.121. The van der Waals surface area contributed by atoms with E-state index in [9.17, 15) is 10.2 Å². The summed E-state index contributed by atoms with van der Waals surface area (Å²) in [6.07, 6.45) is 6.69. The summed E-state index contributed by atoms with van der Waals surface area (Å²) < 4.78 is 0. The second kappa shape index (κ2) is 9.52. The maximum Gasteiger partial charge on any atom is 0.0606 e. The molecular formula is C30H58O2. The van der Waals surface area contributed by atoms with Crippen molar-refractivity contribution in [2.45, 2.75) is 134 Å². The van der Waals surface area contributed by atoms with Crippen molar-refractivity contribution < 1.29 is 10.2 Å². The van der Waals surface area contributed by atoms with Crippen LogP contribution in [0, 0.1) is 57.2 Å². The van der Waals surface area contributed by atoms with Crippen molar-refractivity contribution in [2.75, 3.05) is 0 Å². The number of aliphatic hydroxyl groups is 2. The number of hydrogen-bond donors (Lipinski definition) is 2. The highest BCUT2D eigenvalue weighted by Gasteiger charge is 2.48. The summed E-state index contributed by atoms with van der Waals surface area (Å²) in [6, 6.07) is 0. The minimum atomic E-state index is -0.210. The molecule has 0 aromatic rings. The Morgan fingerprint density at radius 1 is 0.469 bits per heavy atom. The standard InChI is InChI=1S/C30H58O2/c1-27(2,3)21-14-13-19(16-22(25(21)31)28(4,5)6)15-20-17-23(29(7,8)9)26(32)24(18-20)30(10,11)12/h19-26,31-32H,13-18H2,1-12H3. The van der Waals surface area contributed by atoms with Crippen LogP contribution in [0.15, 0.2) is 0 Å². The normalized spacial score (nSPS) is 38.4. The van der Waals surface area contributed by atoms with Gasteiger partial charge in [-0.1, -0.05) is 89.5 Å². The monoisotopic (exact) mass is 450 g/mol. The van der Waals surface area contributed by atoms with Crippen LogP contribution < -0.4 is 0 Å². The Kier molecular flexibility index (Phi) is 8.38. The molecule has 2 aliphatic carbocycles. The van der Waals surface area contributed by atoms with Crippen LogP contribution in [-0.2, 0) is 0 Å². The number of hydrogen-bond acceptors (Lipinski definition) is 2. The van der Waals surface area contributed by atoms with Gasteiger partial charge in [0, 0.05) is 0 Å². The van der Waals surface area contributed by atoms with Crippen molar-refractivity contribution >= 4 is 0 Å². The van der Waals surface area contributed by atoms with Crippen LogP contribution >= 0.6 is 0 Å². The molecule has 0 saturated heterocycles. The molecule has 2 nitrogen and oxygen atoms in total. The molecule has 6 atom stereocenters. The number of rotatable bonds is 2. The second-order valence-corrected chi connectivity index (χ2v) is 16.1. The van der Waals surface area contributed by atoms with E-state index in [1.54, 1.807) is 0 Å². The summed E-state index contributed by atoms with van der Waals surface area (Å²) in [4.78, 5) is 0. The third-order valence-corrected chi connectivity index (χ3v) is 9.41. The van der Waals surface area contributed by atoms with Gasteiger partial charge in [0.1, 0.15) is 0 Å². The van der Waals surface area contributed by atoms with Gasteiger partial charge in [0.15, 0.2) is 0 Å². The Balaban J connectivity index is 2.27. The fraction of sp³-hybridized carbons (Fsp3) is 1.00. The Labute approximate surface area is 201 Å². The average Bonchev–Trinajstić information content (AvgIpc) is 2.72. The molecule has 0 aromatic carbocycles. The summed E-state index contributed by atoms with van der Waals surface area (Å²) in [7, 11) is 0. The van der Waals surface area contributed by atoms with Gasteiger partial charge in [0.2, 0.25) is 0 Å². The van der Waals surface area contributed by atoms with Gasteiger partial charge in [0.25, 0.3) is 0 Å². The summed E-state index contributed by atoms with van der Waals surface area (Å²) in [5.41, 5.74) is 0.524. The quantitative estimate of drug-likeness (QED) is 0.419. The van der Waals surface area contributed by atoms with Crippen molar-refractivity contribution in [3.05, 3.63) is 0 Å². The molecule has 2 heteroatoms. The topological polar surface area (TPSA) is 40.5 Å². The summed E-state index contributed by atoms with van der Waals surface area (Å²) in [6.45, 7) is 27.8. The van der Waals surface area contributed by atoms with E-state index >= 15 is 0 Å². The summed E-state index contributed by atoms with van der Waals surface area (Å²) in [5.74, 6) is 2.81. The van der Waals surface area contributed by atoms with Crippen molar-refractivity contribution in [3.8, 4) is 0 Å². The maximum atomic E-state index is 11.5. The van der Waals surface area contributed by atoms with Crippen molar-refractivity contribution in [3.63, 3.8) is 0 Å². The van der Waals surface area contributed by atoms with Crippen LogP contribution in [-0.4, -0.2) is 22.4 Å². The molecule has 0 aliphatic heterocycles. The van der Waals surface area contributed by atoms with Crippen LogP contribution in [0.1, 0.15) is 122 Å². The van der Waals surface area contributed by atoms with Gasteiger partial charge < -0.3 is 10.2 Å². The zero-order valence-electron chi connectivity index (χ0n) is 23.8. The van der Waals surface area contributed by atoms with Gasteiger partial charge >= 0.3 is 0 Å². The van der Waals surface area contributed by atoms with Crippen LogP contribution in [0.25, 0.3) is 0 Å². The third-order valence-electron chi connectivity index (χ3n) is 9.41. The molecule has 2 saturated carbocycles. The fourth-order valence-corrected chi connectivity index (χ4v) is 7.28. The lowest BCUT2D eigenvalue weighted by Crippen LogP contribution is -2.48. The average molecular weight is 451 g/mol. The molecule has 190 valence electrons. The Morgan fingerprint density at radius 2 is 0.781 bits per heavy atom. The van der Waals surface area contributed by atoms with Gasteiger partial charge in [-0.3, -0.25) is 0 Å². The molecule has 0 bridgehead atoms. The molecule has 0 heterocycles. The molecule has 0 amide bonds. The summed E-state index contributed by atoms with van der Waals surface area (Å²) in [5, 5.41) is 22.8. The van der Waals surface area contributed by atoms with Crippen LogP contribution in [0.4, 0.5) is 0 Å². The van der Waals surface area contributed by atoms with Gasteiger partial charge in [0.05, 0.1) is 12.2 Å². The fourth-order valence-electron chi connectivity index (χ4n) is 7.28. The maximum absolute atomic E-state index is 11.5. The zero-order valence-corrected chi connectivity index (χ0v) is 23.8. The van der Waals surface area contributed by atoms with Crippen molar-refractivity contribution in [1.82, 2.24) is 0 Å². The van der Waals surface area contributed by atoms with Gasteiger partial charge in [-0.2, -0.15) is 0 Å². The van der Waals surface area contributed by atoms with E-state index < -0.39 is 0 Å². The highest BCUT2D eigenvalue weighted by Crippen LogP contribution is 2.52. The largest absolute Gasteiger partial charge is 0.393 e. The van der Waals surface area contributed by atoms with E-state index in [1.165, 1.54) is 12.8 Å². The van der Waals surface area contributed by atoms with E-state index in [4.69, 9.17) is 0 Å². The smallest absolute Gasteiger partial charge is 0.0606 e. The van der Waals surface area contributed by atoms with Crippen molar-refractivity contribution in [2.24, 2.45) is 57.2 Å². The van der Waals surface area contributed by atoms with E-state index in [1.807, 2.05) is 0 Å². The van der Waals surface area contributed by atoms with Gasteiger partial charge in [-0.15, -0.1) is 0 Å². The highest BCUT2D eigenvalue weighted by molar-refractivity contribution is 4.98. The van der Waals surface area contributed by atoms with Gasteiger partial charge in [-0.05, 0) is 89.3 Å². The Morgan fingerprint density at radius 3 is 1.12 bits per heavy atom. The minimum Gasteiger partial charge on any atom is -0.393 e. The zero-order chi connectivity index (χ0) is 24.9. The van der Waals surface area contributed by atoms with Crippen LogP contribution in [0.5, 0.6) is 0 Å². The van der Waals surface area contributed by atoms with E-state index in [0.717, 1.165) is 25.7 Å². The second-order valence-electron chi connectivity index (χ2n) is 16.1. The molecule has 0 radical (unpaired) electrons. The first-order valence-corrected chi connectivity index (χ1v) is 13.6. The molecule has 6 unspecified atom stereocenters. The lowest BCUT2D eigenvalue weighted by molar-refractivity contribution is -0.0871. The first-order chi connectivity index (χ1) is 14.2. The van der Waals surface area contributed by atoms with Crippen LogP contribution in [0.3, 0.4) is 0 Å². The third kappa shape index (κ3) is 6.74. The first-order valence-electron chi connectivity index (χ1n) is 13.6. The lowest BCUT2D eigenvalue weighted by Gasteiger charge is -2.50. The van der Waals surface area contributed by atoms with E-state index in [-0.39, 0.29) is 33.9 Å². The Bertz CT molecular complexity index is 570. The summed E-state index contributed by atoms with van der Waals surface area (Å²) >= 11 is 0. The first kappa shape index (κ1) is 28.2. The predicted molar refractivity (Wildman–Crippen MR) is 138 cm³/mol. The molecule has 0 spiro atoms. The molecule has 2 fully saturated rings. The molecule has 2 aliphatic rings. The van der Waals surface area contributed by atoms with E-state index in [0.29, 0.717) is 35.5 Å². The van der Waals surface area contributed by atoms with Crippen molar-refractivity contribution in [1.29, 1.82) is 0 Å². The Hall–Kier alpha value is -0.0800. The molecule has 32 heavy (non-hydrogen) atoms. The number of aliphatic hydroxyl groups excluding tert-OH is 2. The SMILES string of the molecule is CC(C)(C)C1CCC(CC2CC(C(C)(C)C)C(O)C(C(C)(C)C)C2)CC(C(C)(C)C)C1O. The highest BCUT2D eigenvalue weighted by atomic mass is 16.3. The molecule has 0 aromatic heterocycles. The lowest BCUT2D eigenvalue weighted by atomic mass is 9.57. The van der Waals surface area contributed by atoms with Crippen LogP contribution in [0.2, 0.25) is 0 Å². The van der Waals surface area contributed by atoms with E-state index in [2.05, 4.69) is 83.1 Å². The predicted octanol–water partition coefficient (Wildman–Crippen LogP) is 7.96. The molecular weight excluding hydrogens is 392 g/mol. The van der Waals surface area contributed by atoms with Gasteiger partial charge in [-0.25, -0.2) is 0 Å². The molecule has 2 N–H and O–H groups in total.